The van der Waals surface area contributed by atoms with Crippen molar-refractivity contribution in [1.82, 2.24) is 20.2 Å². The van der Waals surface area contributed by atoms with Crippen molar-refractivity contribution in [2.45, 2.75) is 64.0 Å². The average molecular weight is 840 g/mol. The average Bonchev–Trinajstić information content (AvgIpc) is 3.45. The summed E-state index contributed by atoms with van der Waals surface area (Å²) in [6.45, 7) is 6.02. The molecule has 0 bridgehead atoms. The fourth-order valence-electron chi connectivity index (χ4n) is 7.63. The van der Waals surface area contributed by atoms with E-state index in [0.29, 0.717) is 40.3 Å². The van der Waals surface area contributed by atoms with Gasteiger partial charge in [0.15, 0.2) is 5.75 Å². The Balaban J connectivity index is 0.918. The SMILES string of the molecule is CC(C)(c1ccc(OCc2ccnc(NS(C)(=O)=O)n2)cc1)c1cc(Cl)c(OCCC2CCN(c3ccc4c(c3)C(=O)N(C3CCC(=O)NC3=O)C4=O)CC2)c(C#N)c1. The lowest BCUT2D eigenvalue weighted by molar-refractivity contribution is -0.136. The van der Waals surface area contributed by atoms with Crippen LogP contribution in [0.15, 0.2) is 66.9 Å². The molecule has 4 amide bonds. The molecule has 7 rings (SSSR count). The Hall–Kier alpha value is -6.05. The summed E-state index contributed by atoms with van der Waals surface area (Å²) in [7, 11) is -3.51. The van der Waals surface area contributed by atoms with Gasteiger partial charge < -0.3 is 14.4 Å². The quantitative estimate of drug-likeness (QED) is 0.164. The van der Waals surface area contributed by atoms with Gasteiger partial charge in [-0.3, -0.25) is 34.1 Å². The molecule has 17 heteroatoms. The predicted molar refractivity (Wildman–Crippen MR) is 218 cm³/mol. The molecule has 4 aromatic rings. The fourth-order valence-corrected chi connectivity index (χ4v) is 8.33. The van der Waals surface area contributed by atoms with Gasteiger partial charge >= 0.3 is 0 Å². The number of hydrogen-bond acceptors (Lipinski definition) is 12. The Labute approximate surface area is 346 Å². The summed E-state index contributed by atoms with van der Waals surface area (Å²) in [5, 5.41) is 12.7. The number of rotatable bonds is 13. The number of benzene rings is 3. The summed E-state index contributed by atoms with van der Waals surface area (Å²) in [4.78, 5) is 61.7. The van der Waals surface area contributed by atoms with Crippen LogP contribution in [0.25, 0.3) is 0 Å². The van der Waals surface area contributed by atoms with Crippen molar-refractivity contribution in [1.29, 1.82) is 5.26 Å². The van der Waals surface area contributed by atoms with Gasteiger partial charge in [0.2, 0.25) is 27.8 Å². The van der Waals surface area contributed by atoms with Gasteiger partial charge in [-0.25, -0.2) is 18.4 Å². The van der Waals surface area contributed by atoms with E-state index in [0.717, 1.165) is 60.3 Å². The van der Waals surface area contributed by atoms with Crippen molar-refractivity contribution in [2.24, 2.45) is 5.92 Å². The van der Waals surface area contributed by atoms with Crippen LogP contribution >= 0.6 is 11.6 Å². The van der Waals surface area contributed by atoms with Gasteiger partial charge in [0.1, 0.15) is 24.5 Å². The Morgan fingerprint density at radius 2 is 1.68 bits per heavy atom. The Kier molecular flexibility index (Phi) is 11.6. The maximum Gasteiger partial charge on any atom is 0.262 e. The molecular formula is C42H42ClN7O8S. The first-order valence-electron chi connectivity index (χ1n) is 19.1. The maximum absolute atomic E-state index is 13.3. The first-order chi connectivity index (χ1) is 28.1. The summed E-state index contributed by atoms with van der Waals surface area (Å²) in [5.41, 5.74) is 3.43. The highest BCUT2D eigenvalue weighted by Crippen LogP contribution is 2.39. The predicted octanol–water partition coefficient (Wildman–Crippen LogP) is 5.36. The highest BCUT2D eigenvalue weighted by Gasteiger charge is 2.45. The Morgan fingerprint density at radius 3 is 2.37 bits per heavy atom. The van der Waals surface area contributed by atoms with Crippen LogP contribution in [0.5, 0.6) is 11.5 Å². The van der Waals surface area contributed by atoms with Gasteiger partial charge in [0.05, 0.1) is 40.3 Å². The molecule has 0 aliphatic carbocycles. The van der Waals surface area contributed by atoms with Gasteiger partial charge in [0.25, 0.3) is 11.8 Å². The Bertz CT molecular complexity index is 2480. The van der Waals surface area contributed by atoms with Gasteiger partial charge in [-0.2, -0.15) is 5.26 Å². The molecule has 2 fully saturated rings. The van der Waals surface area contributed by atoms with E-state index in [2.05, 4.69) is 31.0 Å². The summed E-state index contributed by atoms with van der Waals surface area (Å²) in [6, 6.07) is 19.2. The lowest BCUT2D eigenvalue weighted by atomic mass is 9.77. The number of fused-ring (bicyclic) bond motifs is 1. The molecule has 1 unspecified atom stereocenters. The normalized spacial score (nSPS) is 17.4. The van der Waals surface area contributed by atoms with Crippen molar-refractivity contribution in [3.63, 3.8) is 0 Å². The van der Waals surface area contributed by atoms with E-state index in [9.17, 15) is 32.9 Å². The molecule has 3 aliphatic rings. The second kappa shape index (κ2) is 16.7. The molecule has 1 atom stereocenters. The number of carbonyl (C=O) groups excluding carboxylic acids is 4. The van der Waals surface area contributed by atoms with Gasteiger partial charge in [-0.1, -0.05) is 37.6 Å². The van der Waals surface area contributed by atoms with E-state index in [1.165, 1.54) is 6.20 Å². The van der Waals surface area contributed by atoms with E-state index in [1.807, 2.05) is 50.2 Å². The largest absolute Gasteiger partial charge is 0.491 e. The highest BCUT2D eigenvalue weighted by molar-refractivity contribution is 7.92. The number of nitrogens with zero attached hydrogens (tertiary/aromatic N) is 5. The molecule has 15 nitrogen and oxygen atoms in total. The summed E-state index contributed by atoms with van der Waals surface area (Å²) in [5.74, 6) is -0.849. The maximum atomic E-state index is 13.3. The molecular weight excluding hydrogens is 798 g/mol. The van der Waals surface area contributed by atoms with Crippen LogP contribution in [0.3, 0.4) is 0 Å². The molecule has 2 N–H and O–H groups in total. The smallest absolute Gasteiger partial charge is 0.262 e. The minimum atomic E-state index is -3.51. The van der Waals surface area contributed by atoms with Crippen molar-refractivity contribution in [3.05, 3.63) is 105 Å². The zero-order valence-electron chi connectivity index (χ0n) is 32.7. The molecule has 4 heterocycles. The first kappa shape index (κ1) is 41.1. The van der Waals surface area contributed by atoms with E-state index >= 15 is 0 Å². The number of amides is 4. The van der Waals surface area contributed by atoms with Gasteiger partial charge in [0, 0.05) is 36.8 Å². The summed E-state index contributed by atoms with van der Waals surface area (Å²) >= 11 is 6.78. The van der Waals surface area contributed by atoms with Crippen LogP contribution in [0.4, 0.5) is 11.6 Å². The number of hydrogen-bond donors (Lipinski definition) is 2. The number of piperidine rings is 2. The number of sulfonamides is 1. The number of halogens is 1. The lowest BCUT2D eigenvalue weighted by Crippen LogP contribution is -2.54. The number of aromatic nitrogens is 2. The third-order valence-corrected chi connectivity index (χ3v) is 11.8. The molecule has 2 saturated heterocycles. The molecule has 1 aromatic heterocycles. The molecule has 3 aromatic carbocycles. The van der Waals surface area contributed by atoms with E-state index in [1.54, 1.807) is 24.3 Å². The standard InChI is InChI=1S/C42H42ClN7O8S/c1-42(2,27-4-7-31(8-5-27)58-24-29-12-16-45-41(46-29)48-59(3,55)56)28-20-26(23-44)37(34(43)21-28)57-19-15-25-13-17-49(18-14-25)30-6-9-32-33(22-30)40(54)50(39(32)53)35-10-11-36(51)47-38(35)52/h4-9,12,16,20-22,25,35H,10-11,13-15,17-19,24H2,1-3H3,(H,45,46,48)(H,47,51,52). The van der Waals surface area contributed by atoms with E-state index in [4.69, 9.17) is 21.1 Å². The van der Waals surface area contributed by atoms with E-state index < -0.39 is 45.1 Å². The third kappa shape index (κ3) is 9.01. The van der Waals surface area contributed by atoms with Crippen molar-refractivity contribution in [2.75, 3.05) is 35.6 Å². The van der Waals surface area contributed by atoms with Crippen molar-refractivity contribution < 1.29 is 37.1 Å². The molecule has 306 valence electrons. The van der Waals surface area contributed by atoms with Crippen molar-refractivity contribution >= 4 is 56.9 Å². The van der Waals surface area contributed by atoms with Gasteiger partial charge in [-0.05, 0) is 91.3 Å². The van der Waals surface area contributed by atoms with Crippen LogP contribution in [0.2, 0.25) is 5.02 Å². The zero-order valence-corrected chi connectivity index (χ0v) is 34.2. The van der Waals surface area contributed by atoms with Crippen LogP contribution in [0.1, 0.15) is 89.1 Å². The number of nitriles is 1. The highest BCUT2D eigenvalue weighted by atomic mass is 35.5. The molecule has 0 spiro atoms. The summed E-state index contributed by atoms with van der Waals surface area (Å²) in [6.07, 6.45) is 5.14. The minimum absolute atomic E-state index is 0.0337. The van der Waals surface area contributed by atoms with Crippen molar-refractivity contribution in [3.8, 4) is 17.6 Å². The molecule has 59 heavy (non-hydrogen) atoms. The number of imide groups is 2. The zero-order chi connectivity index (χ0) is 42.1. The lowest BCUT2D eigenvalue weighted by Gasteiger charge is -2.34. The number of nitrogens with one attached hydrogen (secondary N) is 2. The number of ether oxygens (including phenoxy) is 2. The van der Waals surface area contributed by atoms with Crippen LogP contribution < -0.4 is 24.4 Å². The number of anilines is 2. The molecule has 0 saturated carbocycles. The van der Waals surface area contributed by atoms with Crippen LogP contribution in [-0.4, -0.2) is 78.9 Å². The number of carbonyl (C=O) groups is 4. The van der Waals surface area contributed by atoms with Crippen LogP contribution in [-0.2, 0) is 31.6 Å². The first-order valence-corrected chi connectivity index (χ1v) is 21.4. The monoisotopic (exact) mass is 839 g/mol. The molecule has 0 radical (unpaired) electrons. The third-order valence-electron chi connectivity index (χ3n) is 11.0. The Morgan fingerprint density at radius 1 is 0.949 bits per heavy atom. The van der Waals surface area contributed by atoms with E-state index in [-0.39, 0.29) is 36.5 Å². The summed E-state index contributed by atoms with van der Waals surface area (Å²) < 4.78 is 37.3. The molecule has 3 aliphatic heterocycles. The minimum Gasteiger partial charge on any atom is -0.491 e. The van der Waals surface area contributed by atoms with Crippen LogP contribution in [0, 0.1) is 17.2 Å². The van der Waals surface area contributed by atoms with Gasteiger partial charge in [-0.15, -0.1) is 0 Å². The second-order valence-electron chi connectivity index (χ2n) is 15.4. The topological polar surface area (TPSA) is 201 Å². The fraction of sp³-hybridized carbons (Fsp3) is 0.357. The second-order valence-corrected chi connectivity index (χ2v) is 17.5.